The second-order valence-electron chi connectivity index (χ2n) is 4.31. The van der Waals surface area contributed by atoms with Crippen molar-refractivity contribution in [1.82, 2.24) is 0 Å². The zero-order valence-electron chi connectivity index (χ0n) is 9.86. The van der Waals surface area contributed by atoms with Crippen molar-refractivity contribution in [3.8, 4) is 5.75 Å². The molecule has 0 radical (unpaired) electrons. The molecule has 1 rings (SSSR count). The summed E-state index contributed by atoms with van der Waals surface area (Å²) in [6, 6.07) is 6.04. The van der Waals surface area contributed by atoms with Gasteiger partial charge < -0.3 is 5.11 Å². The van der Waals surface area contributed by atoms with Crippen molar-refractivity contribution in [2.24, 2.45) is 4.99 Å². The number of hydrogen-bond donors (Lipinski definition) is 1. The number of hydrogen-bond acceptors (Lipinski definition) is 2. The van der Waals surface area contributed by atoms with E-state index < -0.39 is 0 Å². The maximum Gasteiger partial charge on any atom is 0.127 e. The minimum Gasteiger partial charge on any atom is -0.507 e. The lowest BCUT2D eigenvalue weighted by Gasteiger charge is -2.09. The van der Waals surface area contributed by atoms with E-state index in [1.54, 1.807) is 6.21 Å². The fourth-order valence-electron chi connectivity index (χ4n) is 1.38. The van der Waals surface area contributed by atoms with Crippen LogP contribution in [0.15, 0.2) is 23.2 Å². The number of rotatable bonds is 3. The van der Waals surface area contributed by atoms with Crippen LogP contribution in [-0.2, 0) is 0 Å². The summed E-state index contributed by atoms with van der Waals surface area (Å²) in [7, 11) is 0. The van der Waals surface area contributed by atoms with Gasteiger partial charge in [0.1, 0.15) is 5.75 Å². The standard InChI is InChI=1S/C13H19NO/c1-9(2)12-7-5-6-11(13(12)15)8-14-10(3)4/h5-10,15H,1-4H3. The van der Waals surface area contributed by atoms with Crippen molar-refractivity contribution in [3.63, 3.8) is 0 Å². The highest BCUT2D eigenvalue weighted by Gasteiger charge is 2.08. The molecule has 0 spiro atoms. The molecule has 0 atom stereocenters. The Labute approximate surface area is 91.7 Å². The molecule has 0 bridgehead atoms. The molecule has 0 aromatic heterocycles. The van der Waals surface area contributed by atoms with Gasteiger partial charge in [0.15, 0.2) is 0 Å². The highest BCUT2D eigenvalue weighted by molar-refractivity contribution is 5.84. The van der Waals surface area contributed by atoms with Crippen LogP contribution in [-0.4, -0.2) is 17.4 Å². The largest absolute Gasteiger partial charge is 0.507 e. The van der Waals surface area contributed by atoms with Gasteiger partial charge in [0, 0.05) is 17.8 Å². The van der Waals surface area contributed by atoms with Crippen molar-refractivity contribution < 1.29 is 5.11 Å². The maximum absolute atomic E-state index is 9.98. The minimum absolute atomic E-state index is 0.257. The summed E-state index contributed by atoms with van der Waals surface area (Å²) in [5, 5.41) is 9.98. The average molecular weight is 205 g/mol. The topological polar surface area (TPSA) is 32.6 Å². The summed E-state index contributed by atoms with van der Waals surface area (Å²) in [6.45, 7) is 8.16. The van der Waals surface area contributed by atoms with E-state index in [0.29, 0.717) is 11.7 Å². The van der Waals surface area contributed by atoms with Crippen molar-refractivity contribution >= 4 is 6.21 Å². The van der Waals surface area contributed by atoms with Crippen LogP contribution in [0.25, 0.3) is 0 Å². The third-order valence-corrected chi connectivity index (χ3v) is 2.23. The van der Waals surface area contributed by atoms with E-state index in [9.17, 15) is 5.11 Å². The molecule has 82 valence electrons. The zero-order chi connectivity index (χ0) is 11.4. The van der Waals surface area contributed by atoms with Gasteiger partial charge in [-0.2, -0.15) is 0 Å². The van der Waals surface area contributed by atoms with Crippen molar-refractivity contribution in [3.05, 3.63) is 29.3 Å². The number of benzene rings is 1. The smallest absolute Gasteiger partial charge is 0.127 e. The van der Waals surface area contributed by atoms with Crippen LogP contribution in [0.1, 0.15) is 44.7 Å². The molecule has 0 aliphatic heterocycles. The Morgan fingerprint density at radius 3 is 2.40 bits per heavy atom. The van der Waals surface area contributed by atoms with Crippen molar-refractivity contribution in [2.45, 2.75) is 39.7 Å². The first-order valence-corrected chi connectivity index (χ1v) is 5.37. The first-order valence-electron chi connectivity index (χ1n) is 5.37. The molecule has 1 N–H and O–H groups in total. The second kappa shape index (κ2) is 4.96. The summed E-state index contributed by atoms with van der Waals surface area (Å²) in [4.78, 5) is 4.27. The van der Waals surface area contributed by atoms with Crippen LogP contribution < -0.4 is 0 Å². The van der Waals surface area contributed by atoms with Crippen molar-refractivity contribution in [1.29, 1.82) is 0 Å². The molecule has 0 fully saturated rings. The molecular formula is C13H19NO. The van der Waals surface area contributed by atoms with Crippen molar-refractivity contribution in [2.75, 3.05) is 0 Å². The van der Waals surface area contributed by atoms with E-state index in [1.807, 2.05) is 32.0 Å². The highest BCUT2D eigenvalue weighted by atomic mass is 16.3. The Hall–Kier alpha value is -1.31. The van der Waals surface area contributed by atoms with Gasteiger partial charge >= 0.3 is 0 Å². The predicted molar refractivity (Wildman–Crippen MR) is 64.9 cm³/mol. The number of para-hydroxylation sites is 1. The molecule has 0 saturated heterocycles. The molecule has 0 saturated carbocycles. The summed E-state index contributed by atoms with van der Waals surface area (Å²) >= 11 is 0. The number of aliphatic imine (C=N–C) groups is 1. The lowest BCUT2D eigenvalue weighted by Crippen LogP contribution is -1.94. The monoisotopic (exact) mass is 205 g/mol. The quantitative estimate of drug-likeness (QED) is 0.754. The molecule has 0 amide bonds. The highest BCUT2D eigenvalue weighted by Crippen LogP contribution is 2.27. The molecule has 0 heterocycles. The fraction of sp³-hybridized carbons (Fsp3) is 0.462. The van der Waals surface area contributed by atoms with Gasteiger partial charge in [-0.25, -0.2) is 0 Å². The van der Waals surface area contributed by atoms with Crippen LogP contribution in [0.3, 0.4) is 0 Å². The summed E-state index contributed by atoms with van der Waals surface area (Å²) in [6.07, 6.45) is 1.74. The molecule has 0 aliphatic carbocycles. The van der Waals surface area contributed by atoms with E-state index in [2.05, 4.69) is 18.8 Å². The second-order valence-corrected chi connectivity index (χ2v) is 4.31. The SMILES string of the molecule is CC(C)N=Cc1cccc(C(C)C)c1O. The summed E-state index contributed by atoms with van der Waals surface area (Å²) in [5.41, 5.74) is 1.78. The fourth-order valence-corrected chi connectivity index (χ4v) is 1.38. The number of phenolic OH excluding ortho intramolecular Hbond substituents is 1. The van der Waals surface area contributed by atoms with Gasteiger partial charge in [-0.05, 0) is 31.4 Å². The van der Waals surface area contributed by atoms with Crippen LogP contribution in [0.5, 0.6) is 5.75 Å². The van der Waals surface area contributed by atoms with Crippen LogP contribution in [0, 0.1) is 0 Å². The van der Waals surface area contributed by atoms with Gasteiger partial charge in [-0.3, -0.25) is 4.99 Å². The Morgan fingerprint density at radius 2 is 1.87 bits per heavy atom. The zero-order valence-corrected chi connectivity index (χ0v) is 9.86. The van der Waals surface area contributed by atoms with Crippen LogP contribution >= 0.6 is 0 Å². The molecule has 1 aromatic rings. The molecule has 2 nitrogen and oxygen atoms in total. The third kappa shape index (κ3) is 3.08. The van der Waals surface area contributed by atoms with E-state index in [0.717, 1.165) is 11.1 Å². The summed E-state index contributed by atoms with van der Waals surface area (Å²) in [5.74, 6) is 0.689. The molecule has 2 heteroatoms. The number of phenols is 1. The van der Waals surface area contributed by atoms with E-state index in [4.69, 9.17) is 0 Å². The Balaban J connectivity index is 3.05. The molecule has 15 heavy (non-hydrogen) atoms. The Bertz CT molecular complexity index is 354. The average Bonchev–Trinajstić information content (AvgIpc) is 2.15. The third-order valence-electron chi connectivity index (χ3n) is 2.23. The van der Waals surface area contributed by atoms with Gasteiger partial charge in [0.05, 0.1) is 0 Å². The normalized spacial score (nSPS) is 11.9. The molecule has 0 aliphatic rings. The Morgan fingerprint density at radius 1 is 1.20 bits per heavy atom. The van der Waals surface area contributed by atoms with Gasteiger partial charge in [0.2, 0.25) is 0 Å². The first-order chi connectivity index (χ1) is 7.02. The van der Waals surface area contributed by atoms with Gasteiger partial charge in [0.25, 0.3) is 0 Å². The lowest BCUT2D eigenvalue weighted by atomic mass is 9.99. The van der Waals surface area contributed by atoms with Gasteiger partial charge in [-0.15, -0.1) is 0 Å². The van der Waals surface area contributed by atoms with Crippen LogP contribution in [0.2, 0.25) is 0 Å². The first kappa shape index (κ1) is 11.8. The molecule has 1 aromatic carbocycles. The van der Waals surface area contributed by atoms with E-state index >= 15 is 0 Å². The lowest BCUT2D eigenvalue weighted by molar-refractivity contribution is 0.464. The maximum atomic E-state index is 9.98. The predicted octanol–water partition coefficient (Wildman–Crippen LogP) is 3.34. The Kier molecular flexibility index (Phi) is 3.89. The number of nitrogens with zero attached hydrogens (tertiary/aromatic N) is 1. The van der Waals surface area contributed by atoms with Crippen LogP contribution in [0.4, 0.5) is 0 Å². The minimum atomic E-state index is 0.257. The van der Waals surface area contributed by atoms with E-state index in [1.165, 1.54) is 0 Å². The van der Waals surface area contributed by atoms with E-state index in [-0.39, 0.29) is 6.04 Å². The number of aromatic hydroxyl groups is 1. The molecule has 0 unspecified atom stereocenters. The molecular weight excluding hydrogens is 186 g/mol. The van der Waals surface area contributed by atoms with Gasteiger partial charge in [-0.1, -0.05) is 26.0 Å². The summed E-state index contributed by atoms with van der Waals surface area (Å²) < 4.78 is 0.